The van der Waals surface area contributed by atoms with E-state index < -0.39 is 5.92 Å². The van der Waals surface area contributed by atoms with Crippen molar-refractivity contribution >= 4 is 45.8 Å². The fourth-order valence-corrected chi connectivity index (χ4v) is 9.96. The first-order chi connectivity index (χ1) is 32.2. The molecule has 0 bridgehead atoms. The highest BCUT2D eigenvalue weighted by Crippen LogP contribution is 2.34. The number of fused-ring (bicyclic) bond motifs is 2. The van der Waals surface area contributed by atoms with Crippen LogP contribution in [-0.4, -0.2) is 141 Å². The van der Waals surface area contributed by atoms with Crippen molar-refractivity contribution in [3.05, 3.63) is 95.8 Å². The van der Waals surface area contributed by atoms with Crippen LogP contribution >= 0.6 is 0 Å². The summed E-state index contributed by atoms with van der Waals surface area (Å²) < 4.78 is 3.79. The van der Waals surface area contributed by atoms with Crippen LogP contribution in [0.5, 0.6) is 0 Å². The van der Waals surface area contributed by atoms with Gasteiger partial charge in [-0.05, 0) is 74.5 Å². The molecule has 3 aliphatic heterocycles. The number of unbranched alkanes of at least 4 members (excludes halogenated alkanes) is 4. The number of hydrogen-bond acceptors (Lipinski definition) is 11. The number of rotatable bonds is 17. The molecule has 0 saturated carbocycles. The van der Waals surface area contributed by atoms with Gasteiger partial charge in [0.15, 0.2) is 5.65 Å². The number of anilines is 2. The molecule has 66 heavy (non-hydrogen) atoms. The number of nitrogens with one attached hydrogen (secondary N) is 2. The molecule has 1 unspecified atom stereocenters. The number of hydrogen-bond donors (Lipinski definition) is 3. The van der Waals surface area contributed by atoms with Crippen LogP contribution in [0.25, 0.3) is 38.9 Å². The molecule has 3 fully saturated rings. The molecule has 0 spiro atoms. The van der Waals surface area contributed by atoms with Gasteiger partial charge in [0.1, 0.15) is 5.82 Å². The van der Waals surface area contributed by atoms with Gasteiger partial charge in [0.05, 0.1) is 41.7 Å². The first-order valence-electron chi connectivity index (χ1n) is 23.9. The van der Waals surface area contributed by atoms with Crippen LogP contribution in [0.1, 0.15) is 67.8 Å². The van der Waals surface area contributed by atoms with Crippen LogP contribution in [0.4, 0.5) is 11.5 Å². The third kappa shape index (κ3) is 10.1. The van der Waals surface area contributed by atoms with E-state index in [2.05, 4.69) is 92.0 Å². The SMILES string of the molecule is Cc1nn2c(N3CCN(CCO)CC3)cc(-c3cccc(CCCCCCCN4CCN(C(=O)CNc5ccc6c(C7CCC(=O)NC7=O)nn(C)c6c5)CC4)c3)nc2c1-c1ccccc1. The third-order valence-electron chi connectivity index (χ3n) is 13.7. The maximum absolute atomic E-state index is 13.2. The van der Waals surface area contributed by atoms with Gasteiger partial charge in [0.2, 0.25) is 17.7 Å². The van der Waals surface area contributed by atoms with Crippen molar-refractivity contribution in [1.29, 1.82) is 0 Å². The molecule has 0 radical (unpaired) electrons. The Bertz CT molecular complexity index is 2660. The molecular formula is C51H63N11O4. The summed E-state index contributed by atoms with van der Waals surface area (Å²) in [5.41, 5.74) is 9.81. The van der Waals surface area contributed by atoms with E-state index in [4.69, 9.17) is 10.1 Å². The van der Waals surface area contributed by atoms with Crippen LogP contribution < -0.4 is 15.5 Å². The molecule has 3 N–H and O–H groups in total. The second kappa shape index (κ2) is 20.6. The fourth-order valence-electron chi connectivity index (χ4n) is 9.96. The lowest BCUT2D eigenvalue weighted by atomic mass is 9.93. The molecule has 6 aromatic rings. The third-order valence-corrected chi connectivity index (χ3v) is 13.7. The summed E-state index contributed by atoms with van der Waals surface area (Å²) in [7, 11) is 1.85. The molecule has 3 saturated heterocycles. The summed E-state index contributed by atoms with van der Waals surface area (Å²) in [5, 5.41) is 25.8. The van der Waals surface area contributed by atoms with Crippen molar-refractivity contribution in [1.82, 2.24) is 44.4 Å². The van der Waals surface area contributed by atoms with Gasteiger partial charge in [-0.3, -0.25) is 34.2 Å². The van der Waals surface area contributed by atoms with Gasteiger partial charge >= 0.3 is 0 Å². The minimum absolute atomic E-state index is 0.0895. The lowest BCUT2D eigenvalue weighted by Crippen LogP contribution is -2.50. The van der Waals surface area contributed by atoms with E-state index >= 15 is 0 Å². The molecule has 3 aromatic carbocycles. The van der Waals surface area contributed by atoms with Crippen molar-refractivity contribution < 1.29 is 19.5 Å². The normalized spacial score (nSPS) is 17.5. The first-order valence-corrected chi connectivity index (χ1v) is 23.9. The van der Waals surface area contributed by atoms with Crippen LogP contribution in [-0.2, 0) is 27.9 Å². The van der Waals surface area contributed by atoms with Crippen LogP contribution in [0.2, 0.25) is 0 Å². The second-order valence-electron chi connectivity index (χ2n) is 18.2. The zero-order valence-corrected chi connectivity index (χ0v) is 38.4. The van der Waals surface area contributed by atoms with E-state index in [0.717, 1.165) is 128 Å². The van der Waals surface area contributed by atoms with E-state index in [0.29, 0.717) is 25.1 Å². The van der Waals surface area contributed by atoms with E-state index in [9.17, 15) is 19.5 Å². The molecule has 3 amide bonds. The molecule has 9 rings (SSSR count). The number of aryl methyl sites for hydroxylation is 3. The number of imide groups is 1. The summed E-state index contributed by atoms with van der Waals surface area (Å²) in [6.45, 7) is 11.0. The highest BCUT2D eigenvalue weighted by molar-refractivity contribution is 6.02. The number of piperidine rings is 1. The van der Waals surface area contributed by atoms with Crippen LogP contribution in [0, 0.1) is 6.92 Å². The highest BCUT2D eigenvalue weighted by atomic mass is 16.3. The fraction of sp³-hybridized carbons (Fsp3) is 0.451. The van der Waals surface area contributed by atoms with Gasteiger partial charge in [-0.25, -0.2) is 4.98 Å². The molecule has 3 aromatic heterocycles. The first kappa shape index (κ1) is 45.0. The summed E-state index contributed by atoms with van der Waals surface area (Å²) in [5.74, 6) is 0.156. The van der Waals surface area contributed by atoms with Crippen molar-refractivity contribution in [2.45, 2.75) is 64.2 Å². The second-order valence-corrected chi connectivity index (χ2v) is 18.2. The Morgan fingerprint density at radius 2 is 1.55 bits per heavy atom. The number of aromatic nitrogens is 5. The quantitative estimate of drug-likeness (QED) is 0.0770. The molecule has 15 heteroatoms. The Kier molecular flexibility index (Phi) is 14.0. The number of piperazine rings is 2. The topological polar surface area (TPSA) is 156 Å². The monoisotopic (exact) mass is 894 g/mol. The van der Waals surface area contributed by atoms with E-state index in [-0.39, 0.29) is 30.9 Å². The number of carbonyl (C=O) groups excluding carboxylic acids is 3. The Balaban J connectivity index is 0.720. The average Bonchev–Trinajstić information content (AvgIpc) is 3.85. The number of carbonyl (C=O) groups is 3. The van der Waals surface area contributed by atoms with Crippen molar-refractivity contribution in [3.8, 4) is 22.4 Å². The van der Waals surface area contributed by atoms with Gasteiger partial charge < -0.3 is 20.2 Å². The minimum Gasteiger partial charge on any atom is -0.395 e. The zero-order chi connectivity index (χ0) is 45.6. The van der Waals surface area contributed by atoms with Crippen LogP contribution in [0.15, 0.2) is 78.9 Å². The number of benzene rings is 3. The highest BCUT2D eigenvalue weighted by Gasteiger charge is 2.32. The van der Waals surface area contributed by atoms with E-state index in [1.165, 1.54) is 31.2 Å². The Hall–Kier alpha value is -6.16. The maximum atomic E-state index is 13.2. The van der Waals surface area contributed by atoms with Crippen molar-refractivity contribution in [2.75, 3.05) is 88.8 Å². The van der Waals surface area contributed by atoms with E-state index in [1.807, 2.05) is 40.7 Å². The predicted molar refractivity (Wildman–Crippen MR) is 258 cm³/mol. The molecule has 1 atom stereocenters. The Morgan fingerprint density at radius 3 is 2.33 bits per heavy atom. The van der Waals surface area contributed by atoms with Crippen LogP contribution in [0.3, 0.4) is 0 Å². The molecule has 0 aliphatic carbocycles. The van der Waals surface area contributed by atoms with Gasteiger partial charge in [0, 0.05) is 101 Å². The molecule has 6 heterocycles. The van der Waals surface area contributed by atoms with Gasteiger partial charge in [-0.2, -0.15) is 14.7 Å². The zero-order valence-electron chi connectivity index (χ0n) is 38.4. The lowest BCUT2D eigenvalue weighted by Gasteiger charge is -2.35. The molecule has 346 valence electrons. The summed E-state index contributed by atoms with van der Waals surface area (Å²) in [6.07, 6.45) is 7.71. The summed E-state index contributed by atoms with van der Waals surface area (Å²) >= 11 is 0. The summed E-state index contributed by atoms with van der Waals surface area (Å²) in [4.78, 5) is 51.8. The largest absolute Gasteiger partial charge is 0.395 e. The number of nitrogens with zero attached hydrogens (tertiary/aromatic N) is 9. The predicted octanol–water partition coefficient (Wildman–Crippen LogP) is 5.64. The average molecular weight is 894 g/mol. The number of aliphatic hydroxyl groups is 1. The number of β-amino-alcohol motifs (C(OH)–C–C–N with tert-alkyl or cyclic N) is 1. The van der Waals surface area contributed by atoms with Gasteiger partial charge in [-0.15, -0.1) is 0 Å². The van der Waals surface area contributed by atoms with Gasteiger partial charge in [0.25, 0.3) is 0 Å². The van der Waals surface area contributed by atoms with E-state index in [1.54, 1.807) is 4.68 Å². The number of amides is 3. The lowest BCUT2D eigenvalue weighted by molar-refractivity contribution is -0.134. The Morgan fingerprint density at radius 1 is 0.803 bits per heavy atom. The minimum atomic E-state index is -0.451. The molecular weight excluding hydrogens is 831 g/mol. The molecule has 3 aliphatic rings. The smallest absolute Gasteiger partial charge is 0.241 e. The Labute approximate surface area is 386 Å². The maximum Gasteiger partial charge on any atom is 0.241 e. The standard InChI is InChI=1S/C51H63N11O4/c1-36-48(38-14-8-6-9-15-38)50-53-43(34-46(62(50)55-36)60-26-22-59(23-27-60)30-31-63)39-16-11-13-37(32-39)12-7-4-3-5-10-21-58-24-28-61(29-25-58)47(65)35-52-40-17-18-41-44(33-40)57(2)56-49(41)42-19-20-45(64)54-51(42)66/h6,8-9,11,13-18,32-34,42,52,63H,3-5,7,10,12,19-31,35H2,1-2H3,(H,54,64,66). The summed E-state index contributed by atoms with van der Waals surface area (Å²) in [6, 6.07) is 27.4. The van der Waals surface area contributed by atoms with Gasteiger partial charge in [-0.1, -0.05) is 67.8 Å². The molecule has 15 nitrogen and oxygen atoms in total. The number of aliphatic hydroxyl groups excluding tert-OH is 1. The van der Waals surface area contributed by atoms with Crippen molar-refractivity contribution in [2.24, 2.45) is 7.05 Å². The van der Waals surface area contributed by atoms with Crippen molar-refractivity contribution in [3.63, 3.8) is 0 Å².